The molecule has 0 saturated heterocycles. The molecule has 2 aromatic carbocycles. The molecule has 4 rings (SSSR count). The average Bonchev–Trinajstić information content (AvgIpc) is 3.13. The van der Waals surface area contributed by atoms with E-state index in [2.05, 4.69) is 4.98 Å². The number of nitrogens with zero attached hydrogens (tertiary/aromatic N) is 4. The van der Waals surface area contributed by atoms with Gasteiger partial charge in [0.05, 0.1) is 19.4 Å². The Hall–Kier alpha value is -3.33. The predicted molar refractivity (Wildman–Crippen MR) is 116 cm³/mol. The Kier molecular flexibility index (Phi) is 5.21. The van der Waals surface area contributed by atoms with Crippen molar-refractivity contribution in [3.63, 3.8) is 0 Å². The first-order valence-electron chi connectivity index (χ1n) is 9.25. The van der Waals surface area contributed by atoms with Crippen LogP contribution in [-0.2, 0) is 30.2 Å². The zero-order chi connectivity index (χ0) is 21.4. The van der Waals surface area contributed by atoms with E-state index in [1.165, 1.54) is 30.5 Å². The maximum Gasteiger partial charge on any atom is 0.332 e. The summed E-state index contributed by atoms with van der Waals surface area (Å²) in [6, 6.07) is 14.0. The van der Waals surface area contributed by atoms with Gasteiger partial charge in [-0.1, -0.05) is 54.2 Å². The van der Waals surface area contributed by atoms with Crippen molar-refractivity contribution in [3.05, 3.63) is 68.9 Å². The van der Waals surface area contributed by atoms with Gasteiger partial charge in [0.2, 0.25) is 0 Å². The van der Waals surface area contributed by atoms with Crippen molar-refractivity contribution < 1.29 is 9.53 Å². The van der Waals surface area contributed by atoms with Crippen LogP contribution >= 0.6 is 11.8 Å². The second-order valence-corrected chi connectivity index (χ2v) is 7.80. The Morgan fingerprint density at radius 2 is 1.80 bits per heavy atom. The largest absolute Gasteiger partial charge is 0.468 e. The van der Waals surface area contributed by atoms with Crippen molar-refractivity contribution in [2.24, 2.45) is 14.1 Å². The number of fused-ring (bicyclic) bond motifs is 2. The van der Waals surface area contributed by atoms with E-state index in [9.17, 15) is 14.4 Å². The number of hydrogen-bond donors (Lipinski definition) is 0. The summed E-state index contributed by atoms with van der Waals surface area (Å²) in [5, 5.41) is 2.62. The Labute approximate surface area is 175 Å². The standard InChI is InChI=1S/C21H20N4O4S/c1-23-18-17(19(27)24(2)21(23)28)25(20(22-18)30-12-16(26)29-3)11-14-9-6-8-13-7-4-5-10-15(13)14/h4-10H,11-12H2,1-3H3. The number of rotatable bonds is 5. The van der Waals surface area contributed by atoms with Crippen LogP contribution in [0.15, 0.2) is 57.2 Å². The Morgan fingerprint density at radius 3 is 2.57 bits per heavy atom. The van der Waals surface area contributed by atoms with Gasteiger partial charge in [0, 0.05) is 14.1 Å². The summed E-state index contributed by atoms with van der Waals surface area (Å²) in [5.41, 5.74) is 0.733. The molecule has 0 atom stereocenters. The Bertz CT molecular complexity index is 1390. The number of carbonyl (C=O) groups excluding carboxylic acids is 1. The second kappa shape index (κ2) is 7.83. The first-order chi connectivity index (χ1) is 14.4. The highest BCUT2D eigenvalue weighted by Gasteiger charge is 2.21. The minimum Gasteiger partial charge on any atom is -0.468 e. The van der Waals surface area contributed by atoms with Crippen LogP contribution in [0.25, 0.3) is 21.9 Å². The number of aromatic nitrogens is 4. The molecule has 0 fully saturated rings. The fraction of sp³-hybridized carbons (Fsp3) is 0.238. The molecular weight excluding hydrogens is 404 g/mol. The zero-order valence-electron chi connectivity index (χ0n) is 16.8. The first kappa shape index (κ1) is 20.0. The number of benzene rings is 2. The quantitative estimate of drug-likeness (QED) is 0.359. The fourth-order valence-electron chi connectivity index (χ4n) is 3.47. The lowest BCUT2D eigenvalue weighted by molar-refractivity contribution is -0.137. The number of methoxy groups -OCH3 is 1. The minimum absolute atomic E-state index is 0.0453. The minimum atomic E-state index is -0.452. The molecule has 0 bridgehead atoms. The summed E-state index contributed by atoms with van der Waals surface area (Å²) in [7, 11) is 4.34. The number of thioether (sulfide) groups is 1. The Balaban J connectivity index is 1.95. The van der Waals surface area contributed by atoms with Crippen molar-refractivity contribution >= 4 is 39.7 Å². The van der Waals surface area contributed by atoms with Gasteiger partial charge in [-0.3, -0.25) is 18.7 Å². The lowest BCUT2D eigenvalue weighted by atomic mass is 10.0. The summed E-state index contributed by atoms with van der Waals surface area (Å²) in [5.74, 6) is -0.352. The van der Waals surface area contributed by atoms with Gasteiger partial charge in [0.15, 0.2) is 16.3 Å². The van der Waals surface area contributed by atoms with E-state index in [0.717, 1.165) is 20.9 Å². The molecule has 0 aliphatic rings. The van der Waals surface area contributed by atoms with Gasteiger partial charge in [0.1, 0.15) is 0 Å². The highest BCUT2D eigenvalue weighted by Crippen LogP contribution is 2.26. The van der Waals surface area contributed by atoms with Crippen LogP contribution in [-0.4, -0.2) is 37.5 Å². The third-order valence-corrected chi connectivity index (χ3v) is 6.02. The van der Waals surface area contributed by atoms with Crippen LogP contribution in [0, 0.1) is 0 Å². The summed E-state index contributed by atoms with van der Waals surface area (Å²) in [4.78, 5) is 41.5. The number of aryl methyl sites for hydroxylation is 1. The monoisotopic (exact) mass is 424 g/mol. The van der Waals surface area contributed by atoms with E-state index >= 15 is 0 Å². The number of hydrogen-bond acceptors (Lipinski definition) is 6. The first-order valence-corrected chi connectivity index (χ1v) is 10.2. The maximum absolute atomic E-state index is 13.0. The molecule has 0 saturated carbocycles. The van der Waals surface area contributed by atoms with Gasteiger partial charge in [-0.25, -0.2) is 9.78 Å². The molecule has 4 aromatic rings. The van der Waals surface area contributed by atoms with Gasteiger partial charge >= 0.3 is 11.7 Å². The highest BCUT2D eigenvalue weighted by molar-refractivity contribution is 7.99. The van der Waals surface area contributed by atoms with Gasteiger partial charge in [-0.2, -0.15) is 0 Å². The van der Waals surface area contributed by atoms with Crippen molar-refractivity contribution in [1.82, 2.24) is 18.7 Å². The third kappa shape index (κ3) is 3.30. The summed E-state index contributed by atoms with van der Waals surface area (Å²) in [6.45, 7) is 0.370. The van der Waals surface area contributed by atoms with Crippen molar-refractivity contribution in [2.45, 2.75) is 11.7 Å². The maximum atomic E-state index is 13.0. The Morgan fingerprint density at radius 1 is 1.07 bits per heavy atom. The number of ether oxygens (including phenoxy) is 1. The van der Waals surface area contributed by atoms with Gasteiger partial charge < -0.3 is 9.30 Å². The van der Waals surface area contributed by atoms with E-state index < -0.39 is 17.2 Å². The van der Waals surface area contributed by atoms with Gasteiger partial charge in [0.25, 0.3) is 5.56 Å². The van der Waals surface area contributed by atoms with Crippen LogP contribution in [0.4, 0.5) is 0 Å². The zero-order valence-corrected chi connectivity index (χ0v) is 17.6. The number of carbonyl (C=O) groups is 1. The molecule has 2 heterocycles. The lowest BCUT2D eigenvalue weighted by Gasteiger charge is -2.11. The molecule has 30 heavy (non-hydrogen) atoms. The molecule has 0 radical (unpaired) electrons. The van der Waals surface area contributed by atoms with Crippen LogP contribution in [0.1, 0.15) is 5.56 Å². The van der Waals surface area contributed by atoms with Crippen molar-refractivity contribution in [3.8, 4) is 0 Å². The topological polar surface area (TPSA) is 88.1 Å². The molecule has 0 N–H and O–H groups in total. The highest BCUT2D eigenvalue weighted by atomic mass is 32.2. The summed E-state index contributed by atoms with van der Waals surface area (Å²) >= 11 is 1.17. The van der Waals surface area contributed by atoms with Crippen LogP contribution in [0.5, 0.6) is 0 Å². The summed E-state index contributed by atoms with van der Waals surface area (Å²) in [6.07, 6.45) is 0. The van der Waals surface area contributed by atoms with E-state index in [0.29, 0.717) is 17.2 Å². The molecule has 2 aromatic heterocycles. The van der Waals surface area contributed by atoms with Crippen LogP contribution in [0.2, 0.25) is 0 Å². The van der Waals surface area contributed by atoms with E-state index in [1.54, 1.807) is 11.6 Å². The van der Waals surface area contributed by atoms with Crippen molar-refractivity contribution in [1.29, 1.82) is 0 Å². The molecule has 0 amide bonds. The second-order valence-electron chi connectivity index (χ2n) is 6.86. The summed E-state index contributed by atoms with van der Waals surface area (Å²) < 4.78 is 8.91. The molecule has 154 valence electrons. The molecule has 0 unspecified atom stereocenters. The van der Waals surface area contributed by atoms with Crippen molar-refractivity contribution in [2.75, 3.05) is 12.9 Å². The smallest absolute Gasteiger partial charge is 0.332 e. The predicted octanol–water partition coefficient (Wildman–Crippen LogP) is 1.90. The SMILES string of the molecule is COC(=O)CSc1nc2c(c(=O)n(C)c(=O)n2C)n1Cc1cccc2ccccc12. The van der Waals surface area contributed by atoms with Gasteiger partial charge in [-0.05, 0) is 16.3 Å². The molecule has 0 aliphatic carbocycles. The van der Waals surface area contributed by atoms with Crippen LogP contribution in [0.3, 0.4) is 0 Å². The third-order valence-electron chi connectivity index (χ3n) is 5.07. The number of esters is 1. The number of imidazole rings is 1. The van der Waals surface area contributed by atoms with Crippen LogP contribution < -0.4 is 11.2 Å². The molecule has 0 spiro atoms. The average molecular weight is 424 g/mol. The van der Waals surface area contributed by atoms with E-state index in [1.807, 2.05) is 42.5 Å². The van der Waals surface area contributed by atoms with Gasteiger partial charge in [-0.15, -0.1) is 0 Å². The molecule has 0 aliphatic heterocycles. The molecule has 9 heteroatoms. The van der Waals surface area contributed by atoms with E-state index in [4.69, 9.17) is 4.74 Å². The molecule has 8 nitrogen and oxygen atoms in total. The fourth-order valence-corrected chi connectivity index (χ4v) is 4.29. The molecular formula is C21H20N4O4S. The lowest BCUT2D eigenvalue weighted by Crippen LogP contribution is -2.37. The van der Waals surface area contributed by atoms with E-state index in [-0.39, 0.29) is 11.4 Å². The normalized spacial score (nSPS) is 11.3.